The second-order valence-corrected chi connectivity index (χ2v) is 7.25. The van der Waals surface area contributed by atoms with Crippen LogP contribution in [0.5, 0.6) is 0 Å². The molecule has 0 spiro atoms. The van der Waals surface area contributed by atoms with Gasteiger partial charge in [0.05, 0.1) is 0 Å². The molecule has 2 atom stereocenters. The Morgan fingerprint density at radius 3 is 2.76 bits per heavy atom. The summed E-state index contributed by atoms with van der Waals surface area (Å²) in [4.78, 5) is 9.47. The highest BCUT2D eigenvalue weighted by Gasteiger charge is 2.43. The van der Waals surface area contributed by atoms with Crippen molar-refractivity contribution in [2.45, 2.75) is 18.7 Å². The second kappa shape index (κ2) is 7.29. The SMILES string of the molecule is CSC1=NC(c2cccc(Br)c2)(C2C=CC(OC(F)F)=CC2)N=C1N. The van der Waals surface area contributed by atoms with Crippen molar-refractivity contribution in [1.29, 1.82) is 0 Å². The van der Waals surface area contributed by atoms with Crippen molar-refractivity contribution < 1.29 is 13.5 Å². The first kappa shape index (κ1) is 18.1. The van der Waals surface area contributed by atoms with E-state index in [1.54, 1.807) is 12.2 Å². The molecule has 1 aromatic rings. The molecule has 8 heteroatoms. The molecule has 0 bridgehead atoms. The largest absolute Gasteiger partial charge is 0.435 e. The zero-order chi connectivity index (χ0) is 18.0. The lowest BCUT2D eigenvalue weighted by atomic mass is 9.82. The molecule has 0 amide bonds. The van der Waals surface area contributed by atoms with Crippen LogP contribution in [0.1, 0.15) is 12.0 Å². The van der Waals surface area contributed by atoms with Gasteiger partial charge in [-0.05, 0) is 37.0 Å². The number of alkyl halides is 2. The number of halogens is 3. The summed E-state index contributed by atoms with van der Waals surface area (Å²) < 4.78 is 30.1. The number of thioether (sulfide) groups is 1. The maximum absolute atomic E-state index is 12.4. The number of nitrogens with two attached hydrogens (primary N) is 1. The van der Waals surface area contributed by atoms with Gasteiger partial charge >= 0.3 is 6.61 Å². The van der Waals surface area contributed by atoms with Gasteiger partial charge in [-0.25, -0.2) is 9.98 Å². The molecule has 2 N–H and O–H groups in total. The predicted octanol–water partition coefficient (Wildman–Crippen LogP) is 4.43. The number of ether oxygens (including phenoxy) is 1. The summed E-state index contributed by atoms with van der Waals surface area (Å²) in [7, 11) is 0. The number of hydrogen-bond donors (Lipinski definition) is 1. The maximum atomic E-state index is 12.4. The molecule has 3 rings (SSSR count). The average molecular weight is 428 g/mol. The van der Waals surface area contributed by atoms with Crippen LogP contribution in [0.15, 0.2) is 62.7 Å². The fraction of sp³-hybridized carbons (Fsp3) is 0.294. The summed E-state index contributed by atoms with van der Waals surface area (Å²) in [5.74, 6) is 0.383. The van der Waals surface area contributed by atoms with E-state index in [-0.39, 0.29) is 11.7 Å². The minimum absolute atomic E-state index is 0.152. The number of allylic oxidation sites excluding steroid dienone is 2. The molecule has 4 nitrogen and oxygen atoms in total. The summed E-state index contributed by atoms with van der Waals surface area (Å²) in [6, 6.07) is 7.72. The van der Waals surface area contributed by atoms with E-state index >= 15 is 0 Å². The zero-order valence-corrected chi connectivity index (χ0v) is 15.7. The van der Waals surface area contributed by atoms with Gasteiger partial charge < -0.3 is 10.5 Å². The van der Waals surface area contributed by atoms with E-state index in [4.69, 9.17) is 10.7 Å². The van der Waals surface area contributed by atoms with Crippen molar-refractivity contribution in [3.05, 3.63) is 58.3 Å². The summed E-state index contributed by atoms with van der Waals surface area (Å²) in [5.41, 5.74) is 6.04. The molecule has 25 heavy (non-hydrogen) atoms. The molecular weight excluding hydrogens is 412 g/mol. The Hall–Kier alpha value is -1.67. The Morgan fingerprint density at radius 1 is 1.40 bits per heavy atom. The topological polar surface area (TPSA) is 60.0 Å². The quantitative estimate of drug-likeness (QED) is 0.772. The number of rotatable bonds is 4. The van der Waals surface area contributed by atoms with Gasteiger partial charge in [-0.15, -0.1) is 11.8 Å². The van der Waals surface area contributed by atoms with Crippen LogP contribution in [0.3, 0.4) is 0 Å². The summed E-state index contributed by atoms with van der Waals surface area (Å²) in [5, 5.41) is 0.673. The lowest BCUT2D eigenvalue weighted by molar-refractivity contribution is -0.0927. The minimum Gasteiger partial charge on any atom is -0.435 e. The van der Waals surface area contributed by atoms with E-state index < -0.39 is 12.3 Å². The van der Waals surface area contributed by atoms with Gasteiger partial charge in [0, 0.05) is 16.0 Å². The van der Waals surface area contributed by atoms with Crippen LogP contribution in [-0.4, -0.2) is 23.7 Å². The Morgan fingerprint density at radius 2 is 2.20 bits per heavy atom. The lowest BCUT2D eigenvalue weighted by Crippen LogP contribution is -2.30. The van der Waals surface area contributed by atoms with E-state index in [2.05, 4.69) is 25.7 Å². The molecule has 1 aliphatic heterocycles. The number of hydrogen-bond acceptors (Lipinski definition) is 5. The van der Waals surface area contributed by atoms with Crippen LogP contribution in [0.25, 0.3) is 0 Å². The molecule has 1 aromatic carbocycles. The first-order valence-electron chi connectivity index (χ1n) is 7.53. The van der Waals surface area contributed by atoms with E-state index in [1.807, 2.05) is 36.6 Å². The molecule has 0 radical (unpaired) electrons. The zero-order valence-electron chi connectivity index (χ0n) is 13.3. The Kier molecular flexibility index (Phi) is 5.29. The number of nitrogens with zero attached hydrogens (tertiary/aromatic N) is 2. The van der Waals surface area contributed by atoms with E-state index in [0.717, 1.165) is 10.0 Å². The van der Waals surface area contributed by atoms with Crippen molar-refractivity contribution in [1.82, 2.24) is 0 Å². The molecule has 132 valence electrons. The third kappa shape index (κ3) is 3.64. The fourth-order valence-electron chi connectivity index (χ4n) is 2.93. The molecule has 0 fully saturated rings. The first-order valence-corrected chi connectivity index (χ1v) is 9.55. The van der Waals surface area contributed by atoms with Crippen LogP contribution < -0.4 is 5.73 Å². The van der Waals surface area contributed by atoms with Crippen molar-refractivity contribution >= 4 is 38.6 Å². The summed E-state index contributed by atoms with van der Waals surface area (Å²) in [6.07, 6.45) is 7.34. The van der Waals surface area contributed by atoms with Crippen molar-refractivity contribution in [3.8, 4) is 0 Å². The van der Waals surface area contributed by atoms with Crippen LogP contribution in [0.4, 0.5) is 8.78 Å². The normalized spacial score (nSPS) is 25.6. The van der Waals surface area contributed by atoms with Gasteiger partial charge in [0.15, 0.2) is 11.5 Å². The van der Waals surface area contributed by atoms with Crippen LogP contribution in [0.2, 0.25) is 0 Å². The van der Waals surface area contributed by atoms with Crippen molar-refractivity contribution in [2.24, 2.45) is 21.6 Å². The van der Waals surface area contributed by atoms with Crippen LogP contribution >= 0.6 is 27.7 Å². The van der Waals surface area contributed by atoms with Gasteiger partial charge in [0.1, 0.15) is 10.8 Å². The average Bonchev–Trinajstić information content (AvgIpc) is 2.93. The summed E-state index contributed by atoms with van der Waals surface area (Å²) in [6.45, 7) is -2.84. The highest BCUT2D eigenvalue weighted by Crippen LogP contribution is 2.44. The smallest absolute Gasteiger partial charge is 0.387 e. The number of benzene rings is 1. The highest BCUT2D eigenvalue weighted by atomic mass is 79.9. The number of amidine groups is 1. The molecular formula is C17H16BrF2N3OS. The van der Waals surface area contributed by atoms with E-state index in [1.165, 1.54) is 11.8 Å². The molecule has 1 aliphatic carbocycles. The fourth-order valence-corrected chi connectivity index (χ4v) is 3.82. The van der Waals surface area contributed by atoms with Crippen LogP contribution in [-0.2, 0) is 10.4 Å². The minimum atomic E-state index is -2.84. The third-order valence-corrected chi connectivity index (χ3v) is 5.21. The Labute approximate surface area is 157 Å². The Balaban J connectivity index is 2.00. The van der Waals surface area contributed by atoms with Crippen molar-refractivity contribution in [3.63, 3.8) is 0 Å². The molecule has 2 unspecified atom stereocenters. The maximum Gasteiger partial charge on any atom is 0.387 e. The van der Waals surface area contributed by atoms with Crippen molar-refractivity contribution in [2.75, 3.05) is 6.26 Å². The molecule has 0 saturated carbocycles. The summed E-state index contributed by atoms with van der Waals surface area (Å²) >= 11 is 4.91. The monoisotopic (exact) mass is 427 g/mol. The van der Waals surface area contributed by atoms with Gasteiger partial charge in [-0.1, -0.05) is 34.1 Å². The van der Waals surface area contributed by atoms with Gasteiger partial charge in [-0.3, -0.25) is 0 Å². The molecule has 1 heterocycles. The van der Waals surface area contributed by atoms with Crippen LogP contribution in [0, 0.1) is 5.92 Å². The number of aliphatic imine (C=N–C) groups is 2. The second-order valence-electron chi connectivity index (χ2n) is 5.54. The predicted molar refractivity (Wildman–Crippen MR) is 101 cm³/mol. The Bertz CT molecular complexity index is 794. The molecule has 2 aliphatic rings. The first-order chi connectivity index (χ1) is 11.9. The lowest BCUT2D eigenvalue weighted by Gasteiger charge is -2.32. The van der Waals surface area contributed by atoms with Gasteiger partial charge in [0.25, 0.3) is 0 Å². The highest BCUT2D eigenvalue weighted by molar-refractivity contribution is 9.10. The van der Waals surface area contributed by atoms with E-state index in [0.29, 0.717) is 17.3 Å². The standard InChI is InChI=1S/C17H16BrF2N3OS/c1-25-15-14(21)22-17(23-15,11-3-2-4-12(18)9-11)10-5-7-13(8-6-10)24-16(19)20/h2-5,7-10,16H,6H2,1H3,(H2,21,22). The van der Waals surface area contributed by atoms with Gasteiger partial charge in [0.2, 0.25) is 0 Å². The van der Waals surface area contributed by atoms with Gasteiger partial charge in [-0.2, -0.15) is 8.78 Å². The third-order valence-electron chi connectivity index (χ3n) is 4.03. The van der Waals surface area contributed by atoms with E-state index in [9.17, 15) is 8.78 Å². The molecule has 0 aromatic heterocycles. The molecule has 0 saturated heterocycles.